The van der Waals surface area contributed by atoms with Crippen LogP contribution in [0.3, 0.4) is 0 Å². The summed E-state index contributed by atoms with van der Waals surface area (Å²) in [6.07, 6.45) is 0.734. The van der Waals surface area contributed by atoms with E-state index in [2.05, 4.69) is 15.5 Å². The zero-order valence-corrected chi connectivity index (χ0v) is 11.5. The van der Waals surface area contributed by atoms with E-state index in [1.54, 1.807) is 24.3 Å². The summed E-state index contributed by atoms with van der Waals surface area (Å²) in [6, 6.07) is 8.69. The van der Waals surface area contributed by atoms with E-state index in [9.17, 15) is 4.79 Å². The molecule has 1 amide bonds. The Morgan fingerprint density at radius 2 is 2.25 bits per heavy atom. The van der Waals surface area contributed by atoms with E-state index < -0.39 is 0 Å². The van der Waals surface area contributed by atoms with Crippen molar-refractivity contribution in [2.45, 2.75) is 20.3 Å². The van der Waals surface area contributed by atoms with Crippen molar-refractivity contribution in [3.8, 4) is 6.07 Å². The molecule has 0 radical (unpaired) electrons. The van der Waals surface area contributed by atoms with E-state index in [1.807, 2.05) is 19.9 Å². The predicted octanol–water partition coefficient (Wildman–Crippen LogP) is 1.87. The fourth-order valence-electron chi connectivity index (χ4n) is 2.08. The van der Waals surface area contributed by atoms with Crippen LogP contribution in [0, 0.1) is 25.2 Å². The Morgan fingerprint density at radius 3 is 2.90 bits per heavy atom. The van der Waals surface area contributed by atoms with Crippen LogP contribution in [0.1, 0.15) is 32.9 Å². The fourth-order valence-corrected chi connectivity index (χ4v) is 2.08. The Morgan fingerprint density at radius 1 is 1.45 bits per heavy atom. The maximum atomic E-state index is 12.0. The number of benzene rings is 1. The van der Waals surface area contributed by atoms with Crippen LogP contribution < -0.4 is 5.32 Å². The van der Waals surface area contributed by atoms with Gasteiger partial charge in [0.05, 0.1) is 17.3 Å². The summed E-state index contributed by atoms with van der Waals surface area (Å²) in [7, 11) is 0. The van der Waals surface area contributed by atoms with Crippen molar-refractivity contribution in [2.75, 3.05) is 6.54 Å². The molecule has 2 N–H and O–H groups in total. The number of nitriles is 1. The van der Waals surface area contributed by atoms with E-state index in [4.69, 9.17) is 5.26 Å². The van der Waals surface area contributed by atoms with Gasteiger partial charge >= 0.3 is 0 Å². The highest BCUT2D eigenvalue weighted by Crippen LogP contribution is 2.09. The molecule has 0 fully saturated rings. The van der Waals surface area contributed by atoms with Crippen molar-refractivity contribution in [2.24, 2.45) is 0 Å². The van der Waals surface area contributed by atoms with Crippen LogP contribution in [0.25, 0.3) is 0 Å². The molecule has 0 saturated carbocycles. The first-order chi connectivity index (χ1) is 9.61. The molecule has 1 aromatic heterocycles. The average molecular weight is 268 g/mol. The molecule has 5 nitrogen and oxygen atoms in total. The highest BCUT2D eigenvalue weighted by molar-refractivity contribution is 5.94. The number of hydrogen-bond donors (Lipinski definition) is 2. The number of carbonyl (C=O) groups excluding carboxylic acids is 1. The number of aromatic amines is 1. The molecule has 0 atom stereocenters. The molecule has 0 aliphatic carbocycles. The third-order valence-corrected chi connectivity index (χ3v) is 3.20. The average Bonchev–Trinajstić information content (AvgIpc) is 2.79. The van der Waals surface area contributed by atoms with Gasteiger partial charge in [0.1, 0.15) is 0 Å². The Labute approximate surface area is 117 Å². The van der Waals surface area contributed by atoms with Crippen molar-refractivity contribution in [1.82, 2.24) is 15.5 Å². The Kier molecular flexibility index (Phi) is 4.16. The van der Waals surface area contributed by atoms with Crippen molar-refractivity contribution < 1.29 is 4.79 Å². The van der Waals surface area contributed by atoms with Crippen molar-refractivity contribution in [3.63, 3.8) is 0 Å². The molecule has 20 heavy (non-hydrogen) atoms. The molecule has 1 heterocycles. The minimum atomic E-state index is -0.166. The minimum absolute atomic E-state index is 0.166. The van der Waals surface area contributed by atoms with E-state index in [1.165, 1.54) is 0 Å². The first-order valence-electron chi connectivity index (χ1n) is 6.40. The maximum absolute atomic E-state index is 12.0. The van der Waals surface area contributed by atoms with Crippen LogP contribution in [0.5, 0.6) is 0 Å². The minimum Gasteiger partial charge on any atom is -0.352 e. The normalized spacial score (nSPS) is 10.1. The van der Waals surface area contributed by atoms with E-state index in [-0.39, 0.29) is 5.91 Å². The second-order valence-electron chi connectivity index (χ2n) is 4.61. The van der Waals surface area contributed by atoms with Crippen molar-refractivity contribution in [3.05, 3.63) is 52.3 Å². The molecule has 2 aromatic rings. The van der Waals surface area contributed by atoms with Gasteiger partial charge in [0.25, 0.3) is 5.91 Å². The molecule has 102 valence electrons. The Bertz CT molecular complexity index is 647. The lowest BCUT2D eigenvalue weighted by Gasteiger charge is -2.06. The SMILES string of the molecule is Cc1n[nH]c(C)c1CCNC(=O)c1cccc(C#N)c1. The first-order valence-corrected chi connectivity index (χ1v) is 6.40. The van der Waals surface area contributed by atoms with E-state index in [0.717, 1.165) is 23.4 Å². The van der Waals surface area contributed by atoms with E-state index >= 15 is 0 Å². The van der Waals surface area contributed by atoms with Crippen LogP contribution >= 0.6 is 0 Å². The van der Waals surface area contributed by atoms with E-state index in [0.29, 0.717) is 17.7 Å². The van der Waals surface area contributed by atoms with Crippen LogP contribution in [0.2, 0.25) is 0 Å². The first kappa shape index (κ1) is 13.8. The summed E-state index contributed by atoms with van der Waals surface area (Å²) in [5.41, 5.74) is 4.12. The van der Waals surface area contributed by atoms with Gasteiger partial charge in [-0.15, -0.1) is 0 Å². The third-order valence-electron chi connectivity index (χ3n) is 3.20. The Balaban J connectivity index is 1.94. The molecular formula is C15H16N4O. The van der Waals surface area contributed by atoms with Gasteiger partial charge < -0.3 is 5.32 Å². The number of aromatic nitrogens is 2. The third kappa shape index (κ3) is 3.04. The van der Waals surface area contributed by atoms with Crippen LogP contribution in [-0.2, 0) is 6.42 Å². The van der Waals surface area contributed by atoms with Crippen molar-refractivity contribution >= 4 is 5.91 Å². The largest absolute Gasteiger partial charge is 0.352 e. The number of aryl methyl sites for hydroxylation is 2. The predicted molar refractivity (Wildman–Crippen MR) is 75.3 cm³/mol. The summed E-state index contributed by atoms with van der Waals surface area (Å²) < 4.78 is 0. The number of carbonyl (C=O) groups is 1. The number of amides is 1. The monoisotopic (exact) mass is 268 g/mol. The second kappa shape index (κ2) is 6.02. The van der Waals surface area contributed by atoms with Crippen molar-refractivity contribution in [1.29, 1.82) is 5.26 Å². The zero-order valence-electron chi connectivity index (χ0n) is 11.5. The maximum Gasteiger partial charge on any atom is 0.251 e. The van der Waals surface area contributed by atoms with Gasteiger partial charge in [-0.1, -0.05) is 6.07 Å². The van der Waals surface area contributed by atoms with Gasteiger partial charge in [0.2, 0.25) is 0 Å². The molecular weight excluding hydrogens is 252 g/mol. The summed E-state index contributed by atoms with van der Waals surface area (Å²) in [5, 5.41) is 18.7. The molecule has 0 bridgehead atoms. The number of nitrogens with zero attached hydrogens (tertiary/aromatic N) is 2. The van der Waals surface area contributed by atoms with Gasteiger partial charge in [-0.2, -0.15) is 10.4 Å². The van der Waals surface area contributed by atoms with Gasteiger partial charge in [-0.05, 0) is 44.0 Å². The lowest BCUT2D eigenvalue weighted by atomic mass is 10.1. The Hall–Kier alpha value is -2.61. The van der Waals surface area contributed by atoms with Crippen LogP contribution in [-0.4, -0.2) is 22.6 Å². The van der Waals surface area contributed by atoms with Gasteiger partial charge in [0, 0.05) is 17.8 Å². The highest BCUT2D eigenvalue weighted by atomic mass is 16.1. The fraction of sp³-hybridized carbons (Fsp3) is 0.267. The lowest BCUT2D eigenvalue weighted by Crippen LogP contribution is -2.25. The van der Waals surface area contributed by atoms with Gasteiger partial charge in [-0.3, -0.25) is 9.89 Å². The molecule has 0 aliphatic rings. The summed E-state index contributed by atoms with van der Waals surface area (Å²) in [6.45, 7) is 4.45. The number of H-pyrrole nitrogens is 1. The number of hydrogen-bond acceptors (Lipinski definition) is 3. The quantitative estimate of drug-likeness (QED) is 0.888. The molecule has 5 heteroatoms. The number of nitrogens with one attached hydrogen (secondary N) is 2. The van der Waals surface area contributed by atoms with Gasteiger partial charge in [0.15, 0.2) is 0 Å². The molecule has 1 aromatic carbocycles. The van der Waals surface area contributed by atoms with Gasteiger partial charge in [-0.25, -0.2) is 0 Å². The lowest BCUT2D eigenvalue weighted by molar-refractivity contribution is 0.0954. The molecule has 0 unspecified atom stereocenters. The van der Waals surface area contributed by atoms with Crippen LogP contribution in [0.4, 0.5) is 0 Å². The summed E-state index contributed by atoms with van der Waals surface area (Å²) in [5.74, 6) is -0.166. The zero-order chi connectivity index (χ0) is 14.5. The molecule has 0 spiro atoms. The second-order valence-corrected chi connectivity index (χ2v) is 4.61. The summed E-state index contributed by atoms with van der Waals surface area (Å²) >= 11 is 0. The molecule has 0 saturated heterocycles. The number of rotatable bonds is 4. The highest BCUT2D eigenvalue weighted by Gasteiger charge is 2.08. The topological polar surface area (TPSA) is 81.6 Å². The molecule has 0 aliphatic heterocycles. The standard InChI is InChI=1S/C15H16N4O/c1-10-14(11(2)19-18-10)6-7-17-15(20)13-5-3-4-12(8-13)9-16/h3-5,8H,6-7H2,1-2H3,(H,17,20)(H,18,19). The smallest absolute Gasteiger partial charge is 0.251 e. The summed E-state index contributed by atoms with van der Waals surface area (Å²) in [4.78, 5) is 12.0. The molecule has 2 rings (SSSR count). The van der Waals surface area contributed by atoms with Crippen LogP contribution in [0.15, 0.2) is 24.3 Å².